The summed E-state index contributed by atoms with van der Waals surface area (Å²) in [6, 6.07) is 0.700. The van der Waals surface area contributed by atoms with Crippen molar-refractivity contribution >= 4 is 81.0 Å². The number of piperidine rings is 1. The first-order valence-electron chi connectivity index (χ1n) is 16.7. The van der Waals surface area contributed by atoms with Gasteiger partial charge in [0.05, 0.1) is 31.2 Å². The number of quaternary nitrogens is 1. The van der Waals surface area contributed by atoms with Crippen LogP contribution in [-0.2, 0) is 28.8 Å². The highest BCUT2D eigenvalue weighted by molar-refractivity contribution is 8.00. The molecule has 4 fully saturated rings. The fourth-order valence-electron chi connectivity index (χ4n) is 7.04. The Bertz CT molecular complexity index is 2000. The Morgan fingerprint density at radius 1 is 1.15 bits per heavy atom. The van der Waals surface area contributed by atoms with Gasteiger partial charge in [0.2, 0.25) is 5.60 Å². The zero-order valence-corrected chi connectivity index (χ0v) is 31.5. The summed E-state index contributed by atoms with van der Waals surface area (Å²) in [4.78, 5) is 90.1. The predicted molar refractivity (Wildman–Crippen MR) is 194 cm³/mol. The molecule has 2 aromatic rings. The molecule has 0 aliphatic carbocycles. The number of aliphatic carboxylic acids is 2. The second kappa shape index (κ2) is 14.4. The van der Waals surface area contributed by atoms with Gasteiger partial charge in [0.1, 0.15) is 29.4 Å². The van der Waals surface area contributed by atoms with E-state index >= 15 is 0 Å². The lowest BCUT2D eigenvalue weighted by molar-refractivity contribution is -0.925. The molecular weight excluding hydrogens is 770 g/mol. The molecule has 21 heteroatoms. The smallest absolute Gasteiger partial charge is 0.352 e. The maximum absolute atomic E-state index is 13.6. The summed E-state index contributed by atoms with van der Waals surface area (Å²) < 4.78 is 0.424. The van der Waals surface area contributed by atoms with Crippen LogP contribution in [0.4, 0.5) is 5.13 Å². The Hall–Kier alpha value is -4.92. The van der Waals surface area contributed by atoms with Crippen LogP contribution in [0, 0.1) is 0 Å². The van der Waals surface area contributed by atoms with Gasteiger partial charge in [-0.3, -0.25) is 24.1 Å². The molecular formula is C33H37ClN7O11S2+. The molecule has 0 saturated carbocycles. The fourth-order valence-corrected chi connectivity index (χ4v) is 9.24. The number of benzene rings is 1. The average molecular weight is 807 g/mol. The molecule has 0 unspecified atom stereocenters. The van der Waals surface area contributed by atoms with Crippen molar-refractivity contribution < 1.29 is 58.5 Å². The molecule has 4 saturated heterocycles. The van der Waals surface area contributed by atoms with Gasteiger partial charge >= 0.3 is 11.9 Å². The number of carbonyl (C=O) groups excluding carboxylic acids is 4. The molecule has 0 radical (unpaired) electrons. The van der Waals surface area contributed by atoms with Gasteiger partial charge in [-0.1, -0.05) is 16.8 Å². The summed E-state index contributed by atoms with van der Waals surface area (Å²) in [5, 5.41) is 46.0. The van der Waals surface area contributed by atoms with E-state index in [9.17, 15) is 49.2 Å². The Balaban J connectivity index is 1.19. The number of nitrogens with zero attached hydrogens (tertiary/aromatic N) is 5. The number of nitrogen functional groups attached to an aromatic ring is 1. The molecule has 3 atom stereocenters. The number of nitrogens with two attached hydrogens (primary N) is 1. The second-order valence-corrected chi connectivity index (χ2v) is 16.7. The third kappa shape index (κ3) is 7.05. The van der Waals surface area contributed by atoms with Gasteiger partial charge in [-0.05, 0) is 32.9 Å². The zero-order chi connectivity index (χ0) is 39.4. The molecule has 1 aromatic carbocycles. The summed E-state index contributed by atoms with van der Waals surface area (Å²) in [7, 11) is 0. The molecule has 7 rings (SSSR count). The number of aromatic nitrogens is 1. The minimum absolute atomic E-state index is 0.0123. The van der Waals surface area contributed by atoms with Crippen LogP contribution < -0.4 is 11.1 Å². The van der Waals surface area contributed by atoms with Crippen molar-refractivity contribution in [3.8, 4) is 11.5 Å². The topological polar surface area (TPSA) is 262 Å². The quantitative estimate of drug-likeness (QED) is 0.0355. The maximum Gasteiger partial charge on any atom is 0.352 e. The number of ketones is 1. The lowest BCUT2D eigenvalue weighted by Crippen LogP contribution is -2.72. The van der Waals surface area contributed by atoms with E-state index in [0.717, 1.165) is 28.4 Å². The van der Waals surface area contributed by atoms with Crippen LogP contribution in [0.2, 0.25) is 5.02 Å². The Morgan fingerprint density at radius 2 is 1.83 bits per heavy atom. The summed E-state index contributed by atoms with van der Waals surface area (Å²) in [5.74, 6) is -7.13. The predicted octanol–water partition coefficient (Wildman–Crippen LogP) is 1.21. The number of anilines is 1. The van der Waals surface area contributed by atoms with Gasteiger partial charge in [0, 0.05) is 40.7 Å². The highest BCUT2D eigenvalue weighted by Gasteiger charge is 2.57. The lowest BCUT2D eigenvalue weighted by Gasteiger charge is -2.52. The molecule has 1 aromatic heterocycles. The van der Waals surface area contributed by atoms with Crippen LogP contribution >= 0.6 is 34.7 Å². The van der Waals surface area contributed by atoms with Gasteiger partial charge in [0.25, 0.3) is 23.5 Å². The summed E-state index contributed by atoms with van der Waals surface area (Å²) >= 11 is 8.22. The van der Waals surface area contributed by atoms with Gasteiger partial charge in [-0.15, -0.1) is 23.1 Å². The van der Waals surface area contributed by atoms with E-state index in [-0.39, 0.29) is 46.2 Å². The first-order chi connectivity index (χ1) is 25.3. The number of carbonyl (C=O) groups is 6. The van der Waals surface area contributed by atoms with Crippen LogP contribution in [0.5, 0.6) is 11.5 Å². The molecule has 5 aliphatic rings. The van der Waals surface area contributed by atoms with E-state index in [4.69, 9.17) is 22.2 Å². The standard InChI is InChI=1S/C33H36ClN7O11S2/c1-14-17(12-41-7-4-16(5-8-41)39(6-9-41)28(47)24(43)15-10-18(34)25(44)20(42)11-15)23(30(48)49)40-27(46)22(29(40)54-14)37-26(45)21(19-13-53-32(35)36-19)38-52-33(2,3)31(50)51/h10-11,13-14,16,22,29H,4-9,12H2,1-3H3,(H6-,35,36,37,38,42,43,44,45,47,48,49,50,51)/p+1/t14-,16?,22+,29+,41?/m0/s1. The van der Waals surface area contributed by atoms with Crippen molar-refractivity contribution in [2.75, 3.05) is 38.5 Å². The highest BCUT2D eigenvalue weighted by Crippen LogP contribution is 2.45. The molecule has 6 heterocycles. The van der Waals surface area contributed by atoms with E-state index in [1.54, 1.807) is 0 Å². The van der Waals surface area contributed by atoms with Crippen molar-refractivity contribution in [3.05, 3.63) is 45.1 Å². The SMILES string of the molecule is C[C@@H]1S[C@@H]2[C@H](NC(=O)/C(=N\OC(C)(C)C(=O)O)c3csc(N)n3)C(=O)N2C(C(=O)O)=C1C[N+]12CCC(CC1)N(C(=O)C(=O)c1cc(O)c(O)c(Cl)c1)CC2. The number of Topliss-reactive ketones (excluding diaryl/α,β-unsaturated/α-hetero) is 1. The second-order valence-electron chi connectivity index (χ2n) is 14.0. The van der Waals surface area contributed by atoms with Gasteiger partial charge < -0.3 is 45.7 Å². The molecule has 288 valence electrons. The van der Waals surface area contributed by atoms with Crippen molar-refractivity contribution in [2.45, 2.75) is 61.9 Å². The van der Waals surface area contributed by atoms with E-state index in [1.807, 2.05) is 6.92 Å². The number of fused-ring (bicyclic) bond motifs is 5. The number of β-lactam (4-membered cyclic amide) rings is 1. The number of thiazole rings is 1. The molecule has 0 spiro atoms. The van der Waals surface area contributed by atoms with Crippen LogP contribution in [-0.4, -0.2) is 142 Å². The number of nitrogens with one attached hydrogen (secondary N) is 1. The number of phenolic OH excluding ortho intramolecular Hbond substituents is 2. The van der Waals surface area contributed by atoms with Gasteiger partial charge in [-0.25, -0.2) is 14.6 Å². The molecule has 5 aliphatic heterocycles. The first kappa shape index (κ1) is 38.8. The minimum atomic E-state index is -1.81. The van der Waals surface area contributed by atoms with E-state index in [1.165, 1.54) is 35.9 Å². The number of phenols is 2. The van der Waals surface area contributed by atoms with Crippen LogP contribution in [0.1, 0.15) is 49.7 Å². The number of hydrogen-bond donors (Lipinski definition) is 6. The van der Waals surface area contributed by atoms with Crippen LogP contribution in [0.25, 0.3) is 0 Å². The number of hydrogen-bond acceptors (Lipinski definition) is 14. The largest absolute Gasteiger partial charge is 0.504 e. The van der Waals surface area contributed by atoms with E-state index in [0.29, 0.717) is 42.5 Å². The zero-order valence-electron chi connectivity index (χ0n) is 29.1. The Labute approximate surface area is 320 Å². The number of thioether (sulfide) groups is 1. The summed E-state index contributed by atoms with van der Waals surface area (Å²) in [6.07, 6.45) is 1.08. The molecule has 3 amide bonds. The van der Waals surface area contributed by atoms with Gasteiger partial charge in [0.15, 0.2) is 22.3 Å². The minimum Gasteiger partial charge on any atom is -0.504 e. The van der Waals surface area contributed by atoms with Crippen LogP contribution in [0.15, 0.2) is 33.9 Å². The van der Waals surface area contributed by atoms with Crippen LogP contribution in [0.3, 0.4) is 0 Å². The van der Waals surface area contributed by atoms with E-state index < -0.39 is 74.9 Å². The average Bonchev–Trinajstić information content (AvgIpc) is 3.36. The number of carboxylic acids is 2. The van der Waals surface area contributed by atoms with Crippen molar-refractivity contribution in [1.29, 1.82) is 0 Å². The summed E-state index contributed by atoms with van der Waals surface area (Å²) in [6.45, 7) is 6.33. The molecule has 2 bridgehead atoms. The number of carboxylic acid groups (broad SMARTS) is 2. The molecule has 54 heavy (non-hydrogen) atoms. The summed E-state index contributed by atoms with van der Waals surface area (Å²) in [5.41, 5.74) is 3.67. The number of rotatable bonds is 11. The maximum atomic E-state index is 13.6. The number of amides is 3. The number of oxime groups is 1. The first-order valence-corrected chi connectivity index (χ1v) is 18.9. The Kier molecular flexibility index (Phi) is 10.3. The van der Waals surface area contributed by atoms with Crippen molar-refractivity contribution in [1.82, 2.24) is 20.1 Å². The lowest BCUT2D eigenvalue weighted by atomic mass is 9.97. The third-order valence-corrected chi connectivity index (χ3v) is 12.6. The molecule has 7 N–H and O–H groups in total. The Morgan fingerprint density at radius 3 is 2.43 bits per heavy atom. The van der Waals surface area contributed by atoms with E-state index in [2.05, 4.69) is 15.5 Å². The van der Waals surface area contributed by atoms with Gasteiger partial charge in [-0.2, -0.15) is 0 Å². The monoisotopic (exact) mass is 806 g/mol. The highest BCUT2D eigenvalue weighted by atomic mass is 35.5. The van der Waals surface area contributed by atoms with Crippen molar-refractivity contribution in [3.63, 3.8) is 0 Å². The van der Waals surface area contributed by atoms with Crippen molar-refractivity contribution in [2.24, 2.45) is 5.16 Å². The number of aromatic hydroxyl groups is 2. The fraction of sp³-hybridized carbons (Fsp3) is 0.455. The third-order valence-electron chi connectivity index (χ3n) is 10.2. The molecule has 18 nitrogen and oxygen atoms in total. The normalized spacial score (nSPS) is 25.4. The number of halogens is 1.